The van der Waals surface area contributed by atoms with E-state index in [9.17, 15) is 4.79 Å². The summed E-state index contributed by atoms with van der Waals surface area (Å²) in [6, 6.07) is 2.14. The minimum absolute atomic E-state index is 0.0421. The third kappa shape index (κ3) is 3.16. The molecule has 6 rings (SSSR count). The molecule has 7 heteroatoms. The Morgan fingerprint density at radius 1 is 1.28 bits per heavy atom. The summed E-state index contributed by atoms with van der Waals surface area (Å²) in [4.78, 5) is 18.4. The number of carbonyl (C=O) groups excluding carboxylic acids is 1. The van der Waals surface area contributed by atoms with Crippen LogP contribution in [0.15, 0.2) is 16.8 Å². The largest absolute Gasteiger partial charge is 0.349 e. The second-order valence-electron chi connectivity index (χ2n) is 10.1. The van der Waals surface area contributed by atoms with E-state index in [4.69, 9.17) is 9.51 Å². The Hall–Kier alpha value is -2.70. The number of aryl methyl sites for hydroxylation is 1. The van der Waals surface area contributed by atoms with Gasteiger partial charge in [-0.3, -0.25) is 9.48 Å². The summed E-state index contributed by atoms with van der Waals surface area (Å²) < 4.78 is 7.61. The highest BCUT2D eigenvalue weighted by Crippen LogP contribution is 2.49. The van der Waals surface area contributed by atoms with Crippen LogP contribution in [0, 0.1) is 24.7 Å². The van der Waals surface area contributed by atoms with Crippen molar-refractivity contribution in [3.8, 4) is 11.3 Å². The van der Waals surface area contributed by atoms with Crippen molar-refractivity contribution in [1.82, 2.24) is 25.2 Å². The maximum Gasteiger partial charge on any atom is 0.259 e. The third-order valence-corrected chi connectivity index (χ3v) is 8.16. The molecule has 1 amide bonds. The van der Waals surface area contributed by atoms with Gasteiger partial charge in [0.2, 0.25) is 0 Å². The lowest BCUT2D eigenvalue weighted by atomic mass is 9.84. The Balaban J connectivity index is 1.39. The molecular weight excluding hydrogens is 402 g/mol. The first-order valence-electron chi connectivity index (χ1n) is 12.2. The maximum atomic E-state index is 13.6. The quantitative estimate of drug-likeness (QED) is 0.601. The molecule has 0 spiro atoms. The topological polar surface area (TPSA) is 85.8 Å². The van der Waals surface area contributed by atoms with Gasteiger partial charge in [-0.15, -0.1) is 0 Å². The zero-order valence-corrected chi connectivity index (χ0v) is 19.1. The van der Waals surface area contributed by atoms with Crippen LogP contribution in [0.3, 0.4) is 0 Å². The van der Waals surface area contributed by atoms with Gasteiger partial charge in [0.05, 0.1) is 17.1 Å². The predicted molar refractivity (Wildman–Crippen MR) is 121 cm³/mol. The zero-order valence-electron chi connectivity index (χ0n) is 19.1. The highest BCUT2D eigenvalue weighted by molar-refractivity contribution is 6.09. The van der Waals surface area contributed by atoms with Crippen LogP contribution in [0.4, 0.5) is 0 Å². The molecule has 3 aromatic heterocycles. The Morgan fingerprint density at radius 3 is 2.78 bits per heavy atom. The number of carbonyl (C=O) groups is 1. The van der Waals surface area contributed by atoms with Crippen LogP contribution >= 0.6 is 0 Å². The van der Waals surface area contributed by atoms with Gasteiger partial charge in [-0.25, -0.2) is 4.98 Å². The number of aromatic nitrogens is 4. The monoisotopic (exact) mass is 433 g/mol. The van der Waals surface area contributed by atoms with Crippen molar-refractivity contribution < 1.29 is 9.32 Å². The Bertz CT molecular complexity index is 1190. The molecular formula is C25H31N5O2. The van der Waals surface area contributed by atoms with Crippen molar-refractivity contribution in [2.24, 2.45) is 17.8 Å². The molecule has 3 saturated carbocycles. The minimum Gasteiger partial charge on any atom is -0.349 e. The number of pyridine rings is 1. The Morgan fingerprint density at radius 2 is 2.12 bits per heavy atom. The van der Waals surface area contributed by atoms with E-state index in [-0.39, 0.29) is 11.9 Å². The van der Waals surface area contributed by atoms with Gasteiger partial charge in [-0.2, -0.15) is 5.10 Å². The number of hydrogen-bond donors (Lipinski definition) is 1. The van der Waals surface area contributed by atoms with Crippen LogP contribution in [0.25, 0.3) is 22.4 Å². The summed E-state index contributed by atoms with van der Waals surface area (Å²) in [5.41, 5.74) is 4.58. The SMILES string of the molecule is CCn1ncc(-c2noc3nc(C4CC4)cc(C(=O)N[C@@H](C)[C@@H]4C[C@H]5CC[C@H]4C5)c23)c1C. The molecule has 1 N–H and O–H groups in total. The van der Waals surface area contributed by atoms with Crippen LogP contribution in [-0.2, 0) is 6.54 Å². The van der Waals surface area contributed by atoms with Crippen molar-refractivity contribution in [3.63, 3.8) is 0 Å². The average Bonchev–Trinajstić information content (AvgIpc) is 3.12. The number of fused-ring (bicyclic) bond motifs is 3. The lowest BCUT2D eigenvalue weighted by molar-refractivity contribution is 0.0916. The molecule has 0 aromatic carbocycles. The van der Waals surface area contributed by atoms with Crippen LogP contribution in [-0.4, -0.2) is 31.9 Å². The van der Waals surface area contributed by atoms with E-state index in [0.717, 1.165) is 48.2 Å². The van der Waals surface area contributed by atoms with E-state index in [0.29, 0.717) is 34.2 Å². The first kappa shape index (κ1) is 19.9. The number of amides is 1. The third-order valence-electron chi connectivity index (χ3n) is 8.16. The molecule has 0 radical (unpaired) electrons. The van der Waals surface area contributed by atoms with E-state index in [1.54, 1.807) is 0 Å². The summed E-state index contributed by atoms with van der Waals surface area (Å²) in [6.07, 6.45) is 9.31. The number of nitrogens with one attached hydrogen (secondary N) is 1. The summed E-state index contributed by atoms with van der Waals surface area (Å²) in [6.45, 7) is 7.03. The zero-order chi connectivity index (χ0) is 22.0. The van der Waals surface area contributed by atoms with Crippen LogP contribution in [0.5, 0.6) is 0 Å². The van der Waals surface area contributed by atoms with Gasteiger partial charge in [-0.05, 0) is 76.7 Å². The molecule has 0 unspecified atom stereocenters. The van der Waals surface area contributed by atoms with E-state index < -0.39 is 0 Å². The molecule has 3 aliphatic rings. The lowest BCUT2D eigenvalue weighted by Crippen LogP contribution is -2.40. The van der Waals surface area contributed by atoms with Crippen molar-refractivity contribution in [1.29, 1.82) is 0 Å². The Kier molecular flexibility index (Phi) is 4.63. The number of hydrogen-bond acceptors (Lipinski definition) is 5. The normalized spacial score (nSPS) is 25.5. The predicted octanol–water partition coefficient (Wildman–Crippen LogP) is 4.85. The summed E-state index contributed by atoms with van der Waals surface area (Å²) in [7, 11) is 0. The highest BCUT2D eigenvalue weighted by Gasteiger charge is 2.42. The van der Waals surface area contributed by atoms with Crippen LogP contribution in [0.1, 0.15) is 80.0 Å². The fourth-order valence-electron chi connectivity index (χ4n) is 6.22. The van der Waals surface area contributed by atoms with Crippen LogP contribution < -0.4 is 5.32 Å². The molecule has 0 saturated heterocycles. The smallest absolute Gasteiger partial charge is 0.259 e. The molecule has 0 aliphatic heterocycles. The van der Waals surface area contributed by atoms with Gasteiger partial charge >= 0.3 is 0 Å². The second-order valence-corrected chi connectivity index (χ2v) is 10.1. The van der Waals surface area contributed by atoms with Crippen LogP contribution in [0.2, 0.25) is 0 Å². The molecule has 3 fully saturated rings. The maximum absolute atomic E-state index is 13.6. The molecule has 32 heavy (non-hydrogen) atoms. The van der Waals surface area contributed by atoms with Crippen molar-refractivity contribution in [2.45, 2.75) is 77.8 Å². The number of rotatable bonds is 6. The van der Waals surface area contributed by atoms with Gasteiger partial charge in [0.1, 0.15) is 5.69 Å². The summed E-state index contributed by atoms with van der Waals surface area (Å²) in [5.74, 6) is 2.60. The first-order chi connectivity index (χ1) is 15.5. The van der Waals surface area contributed by atoms with Gasteiger partial charge in [-0.1, -0.05) is 11.6 Å². The van der Waals surface area contributed by atoms with E-state index >= 15 is 0 Å². The van der Waals surface area contributed by atoms with Gasteiger partial charge in [0.25, 0.3) is 11.6 Å². The second kappa shape index (κ2) is 7.42. The first-order valence-corrected chi connectivity index (χ1v) is 12.2. The molecule has 168 valence electrons. The van der Waals surface area contributed by atoms with Crippen molar-refractivity contribution >= 4 is 17.0 Å². The summed E-state index contributed by atoms with van der Waals surface area (Å²) >= 11 is 0. The van der Waals surface area contributed by atoms with E-state index in [1.165, 1.54) is 25.7 Å². The fraction of sp³-hybridized carbons (Fsp3) is 0.600. The van der Waals surface area contributed by atoms with E-state index in [1.807, 2.05) is 23.9 Å². The standard InChI is InChI=1S/C25H31N5O2/c1-4-30-14(3)20(12-26-30)23-22-19(11-21(16-7-8-16)28-25(22)32-29-23)24(31)27-13(2)18-10-15-5-6-17(18)9-15/h11-13,15-18H,4-10H2,1-3H3,(H,27,31)/t13-,15-,17-,18-/m0/s1. The lowest BCUT2D eigenvalue weighted by Gasteiger charge is -2.28. The highest BCUT2D eigenvalue weighted by atomic mass is 16.5. The molecule has 4 atom stereocenters. The molecule has 3 aliphatic carbocycles. The van der Waals surface area contributed by atoms with Crippen molar-refractivity contribution in [2.75, 3.05) is 0 Å². The fourth-order valence-corrected chi connectivity index (χ4v) is 6.22. The van der Waals surface area contributed by atoms with E-state index in [2.05, 4.69) is 29.4 Å². The molecule has 7 nitrogen and oxygen atoms in total. The van der Waals surface area contributed by atoms with Gasteiger partial charge in [0, 0.05) is 35.5 Å². The molecule has 3 aromatic rings. The van der Waals surface area contributed by atoms with Crippen molar-refractivity contribution in [3.05, 3.63) is 29.2 Å². The molecule has 2 bridgehead atoms. The Labute approximate surface area is 187 Å². The molecule has 3 heterocycles. The average molecular weight is 434 g/mol. The van der Waals surface area contributed by atoms with Gasteiger partial charge in [0.15, 0.2) is 0 Å². The summed E-state index contributed by atoms with van der Waals surface area (Å²) in [5, 5.41) is 12.9. The van der Waals surface area contributed by atoms with Gasteiger partial charge < -0.3 is 9.84 Å². The number of nitrogens with zero attached hydrogens (tertiary/aromatic N) is 4. The minimum atomic E-state index is -0.0421.